The second kappa shape index (κ2) is 3.01. The van der Waals surface area contributed by atoms with Crippen molar-refractivity contribution >= 4 is 0 Å². The van der Waals surface area contributed by atoms with Gasteiger partial charge in [-0.1, -0.05) is 6.07 Å². The Morgan fingerprint density at radius 2 is 2.08 bits per heavy atom. The summed E-state index contributed by atoms with van der Waals surface area (Å²) in [7, 11) is 0. The van der Waals surface area contributed by atoms with Crippen LogP contribution >= 0.6 is 0 Å². The van der Waals surface area contributed by atoms with Crippen molar-refractivity contribution < 1.29 is 0 Å². The first kappa shape index (κ1) is 7.98. The fourth-order valence-electron chi connectivity index (χ4n) is 1.24. The minimum Gasteiger partial charge on any atom is -0.282 e. The smallest absolute Gasteiger partial charge is 0.114 e. The maximum Gasteiger partial charge on any atom is 0.114 e. The van der Waals surface area contributed by atoms with Crippen LogP contribution in [0.15, 0.2) is 24.4 Å². The maximum absolute atomic E-state index is 4.24. The Balaban J connectivity index is 2.53. The van der Waals surface area contributed by atoms with Gasteiger partial charge < -0.3 is 0 Å². The second-order valence-electron chi connectivity index (χ2n) is 3.04. The second-order valence-corrected chi connectivity index (χ2v) is 3.04. The Labute approximate surface area is 76.8 Å². The van der Waals surface area contributed by atoms with Crippen LogP contribution in [0.4, 0.5) is 0 Å². The van der Waals surface area contributed by atoms with Gasteiger partial charge in [0.1, 0.15) is 5.69 Å². The number of rotatable bonds is 1. The van der Waals surface area contributed by atoms with Crippen LogP contribution in [0.1, 0.15) is 11.3 Å². The molecule has 0 aliphatic heterocycles. The van der Waals surface area contributed by atoms with Crippen LogP contribution in [0, 0.1) is 13.8 Å². The minimum atomic E-state index is 0.921. The number of hydrogen-bond donors (Lipinski definition) is 1. The van der Waals surface area contributed by atoms with Crippen molar-refractivity contribution in [1.29, 1.82) is 0 Å². The van der Waals surface area contributed by atoms with Gasteiger partial charge in [-0.25, -0.2) is 0 Å². The molecule has 0 saturated heterocycles. The Kier molecular flexibility index (Phi) is 1.85. The van der Waals surface area contributed by atoms with Crippen molar-refractivity contribution in [2.45, 2.75) is 13.8 Å². The van der Waals surface area contributed by atoms with Gasteiger partial charge in [0.15, 0.2) is 0 Å². The number of aromatic amines is 1. The standard InChI is InChI=1S/C10H11N3/c1-7-8(2)12-13-10(7)9-5-3-4-6-11-9/h3-6H,1-2H3,(H,12,13). The van der Waals surface area contributed by atoms with Crippen LogP contribution in [0.2, 0.25) is 0 Å². The predicted octanol–water partition coefficient (Wildman–Crippen LogP) is 2.09. The molecule has 3 nitrogen and oxygen atoms in total. The molecule has 0 spiro atoms. The Hall–Kier alpha value is -1.64. The maximum atomic E-state index is 4.24. The SMILES string of the molecule is Cc1[nH]nc(-c2ccccn2)c1C. The molecule has 0 radical (unpaired) electrons. The minimum absolute atomic E-state index is 0.921. The summed E-state index contributed by atoms with van der Waals surface area (Å²) in [6.07, 6.45) is 1.78. The molecule has 0 fully saturated rings. The van der Waals surface area contributed by atoms with Gasteiger partial charge in [-0.3, -0.25) is 10.1 Å². The van der Waals surface area contributed by atoms with E-state index >= 15 is 0 Å². The lowest BCUT2D eigenvalue weighted by molar-refractivity contribution is 1.04. The molecule has 1 N–H and O–H groups in total. The van der Waals surface area contributed by atoms with Crippen LogP contribution in [-0.4, -0.2) is 15.2 Å². The number of aromatic nitrogens is 3. The average Bonchev–Trinajstić information content (AvgIpc) is 2.49. The van der Waals surface area contributed by atoms with Crippen LogP contribution in [0.3, 0.4) is 0 Å². The molecule has 0 aliphatic rings. The van der Waals surface area contributed by atoms with Gasteiger partial charge in [-0.2, -0.15) is 5.10 Å². The van der Waals surface area contributed by atoms with Crippen molar-refractivity contribution in [3.63, 3.8) is 0 Å². The number of aryl methyl sites for hydroxylation is 1. The summed E-state index contributed by atoms with van der Waals surface area (Å²) in [6, 6.07) is 5.83. The van der Waals surface area contributed by atoms with Crippen molar-refractivity contribution in [1.82, 2.24) is 15.2 Å². The molecule has 0 amide bonds. The summed E-state index contributed by atoms with van der Waals surface area (Å²) >= 11 is 0. The molecular weight excluding hydrogens is 162 g/mol. The van der Waals surface area contributed by atoms with E-state index in [1.165, 1.54) is 5.56 Å². The number of nitrogens with zero attached hydrogens (tertiary/aromatic N) is 2. The molecule has 0 bridgehead atoms. The molecule has 0 saturated carbocycles. The number of hydrogen-bond acceptors (Lipinski definition) is 2. The first-order chi connectivity index (χ1) is 6.29. The lowest BCUT2D eigenvalue weighted by Crippen LogP contribution is -1.84. The van der Waals surface area contributed by atoms with E-state index in [1.807, 2.05) is 32.0 Å². The number of pyridine rings is 1. The van der Waals surface area contributed by atoms with E-state index in [2.05, 4.69) is 15.2 Å². The van der Waals surface area contributed by atoms with Gasteiger partial charge in [-0.05, 0) is 31.5 Å². The summed E-state index contributed by atoms with van der Waals surface area (Å²) in [4.78, 5) is 4.24. The first-order valence-corrected chi connectivity index (χ1v) is 4.22. The Morgan fingerprint density at radius 3 is 2.62 bits per heavy atom. The zero-order valence-electron chi connectivity index (χ0n) is 7.70. The topological polar surface area (TPSA) is 41.6 Å². The quantitative estimate of drug-likeness (QED) is 0.717. The summed E-state index contributed by atoms with van der Waals surface area (Å²) < 4.78 is 0. The van der Waals surface area contributed by atoms with Crippen molar-refractivity contribution in [3.8, 4) is 11.4 Å². The fraction of sp³-hybridized carbons (Fsp3) is 0.200. The van der Waals surface area contributed by atoms with Gasteiger partial charge in [0.25, 0.3) is 0 Å². The highest BCUT2D eigenvalue weighted by Crippen LogP contribution is 2.19. The predicted molar refractivity (Wildman–Crippen MR) is 51.3 cm³/mol. The highest BCUT2D eigenvalue weighted by Gasteiger charge is 2.07. The van der Waals surface area contributed by atoms with E-state index in [9.17, 15) is 0 Å². The first-order valence-electron chi connectivity index (χ1n) is 4.22. The summed E-state index contributed by atoms with van der Waals surface area (Å²) in [5.41, 5.74) is 4.13. The van der Waals surface area contributed by atoms with Crippen LogP contribution in [0.5, 0.6) is 0 Å². The summed E-state index contributed by atoms with van der Waals surface area (Å²) in [6.45, 7) is 4.05. The molecule has 3 heteroatoms. The highest BCUT2D eigenvalue weighted by atomic mass is 15.1. The van der Waals surface area contributed by atoms with E-state index in [1.54, 1.807) is 6.20 Å². The molecule has 66 valence electrons. The fourth-order valence-corrected chi connectivity index (χ4v) is 1.24. The van der Waals surface area contributed by atoms with Crippen LogP contribution in [0.25, 0.3) is 11.4 Å². The van der Waals surface area contributed by atoms with E-state index < -0.39 is 0 Å². The summed E-state index contributed by atoms with van der Waals surface area (Å²) in [5.74, 6) is 0. The zero-order valence-corrected chi connectivity index (χ0v) is 7.70. The lowest BCUT2D eigenvalue weighted by atomic mass is 10.1. The average molecular weight is 173 g/mol. The van der Waals surface area contributed by atoms with Gasteiger partial charge in [-0.15, -0.1) is 0 Å². The third-order valence-corrected chi connectivity index (χ3v) is 2.16. The molecule has 0 aromatic carbocycles. The number of H-pyrrole nitrogens is 1. The molecule has 2 heterocycles. The molecule has 2 rings (SSSR count). The largest absolute Gasteiger partial charge is 0.282 e. The molecule has 2 aromatic rings. The molecule has 13 heavy (non-hydrogen) atoms. The zero-order chi connectivity index (χ0) is 9.26. The third kappa shape index (κ3) is 1.33. The molecule has 2 aromatic heterocycles. The Bertz CT molecular complexity index is 403. The molecule has 0 atom stereocenters. The van der Waals surface area contributed by atoms with Gasteiger partial charge in [0.2, 0.25) is 0 Å². The van der Waals surface area contributed by atoms with Crippen molar-refractivity contribution in [3.05, 3.63) is 35.7 Å². The molecular formula is C10H11N3. The van der Waals surface area contributed by atoms with Crippen molar-refractivity contribution in [2.75, 3.05) is 0 Å². The molecule has 0 unspecified atom stereocenters. The highest BCUT2D eigenvalue weighted by molar-refractivity contribution is 5.58. The Morgan fingerprint density at radius 1 is 1.23 bits per heavy atom. The van der Waals surface area contributed by atoms with Crippen LogP contribution in [-0.2, 0) is 0 Å². The summed E-state index contributed by atoms with van der Waals surface area (Å²) in [5, 5.41) is 7.14. The lowest BCUT2D eigenvalue weighted by Gasteiger charge is -1.95. The van der Waals surface area contributed by atoms with E-state index in [4.69, 9.17) is 0 Å². The monoisotopic (exact) mass is 173 g/mol. The van der Waals surface area contributed by atoms with Crippen LogP contribution < -0.4 is 0 Å². The van der Waals surface area contributed by atoms with Gasteiger partial charge in [0, 0.05) is 11.9 Å². The van der Waals surface area contributed by atoms with E-state index in [0.29, 0.717) is 0 Å². The van der Waals surface area contributed by atoms with Crippen molar-refractivity contribution in [2.24, 2.45) is 0 Å². The van der Waals surface area contributed by atoms with E-state index in [0.717, 1.165) is 17.1 Å². The normalized spacial score (nSPS) is 10.3. The molecule has 0 aliphatic carbocycles. The van der Waals surface area contributed by atoms with Gasteiger partial charge >= 0.3 is 0 Å². The van der Waals surface area contributed by atoms with E-state index in [-0.39, 0.29) is 0 Å². The third-order valence-electron chi connectivity index (χ3n) is 2.16. The number of nitrogens with one attached hydrogen (secondary N) is 1. The van der Waals surface area contributed by atoms with Gasteiger partial charge in [0.05, 0.1) is 5.69 Å².